The second-order valence-corrected chi connectivity index (χ2v) is 13.6. The van der Waals surface area contributed by atoms with Gasteiger partial charge in [0.05, 0.1) is 30.5 Å². The van der Waals surface area contributed by atoms with Gasteiger partial charge in [-0.25, -0.2) is 0 Å². The molecule has 6 nitrogen and oxygen atoms in total. The molecule has 0 radical (unpaired) electrons. The Morgan fingerprint density at radius 1 is 0.773 bits per heavy atom. The van der Waals surface area contributed by atoms with Crippen LogP contribution in [0.25, 0.3) is 0 Å². The molecule has 0 saturated carbocycles. The Bertz CT molecular complexity index is 1360. The van der Waals surface area contributed by atoms with E-state index in [4.69, 9.17) is 18.4 Å². The molecule has 0 aliphatic rings. The van der Waals surface area contributed by atoms with E-state index in [1.165, 1.54) is 12.0 Å². The van der Waals surface area contributed by atoms with Crippen LogP contribution >= 0.6 is 12.0 Å². The lowest BCUT2D eigenvalue weighted by Gasteiger charge is -2.26. The van der Waals surface area contributed by atoms with Crippen LogP contribution in [-0.4, -0.2) is 47.8 Å². The van der Waals surface area contributed by atoms with Crippen molar-refractivity contribution in [3.8, 4) is 23.3 Å². The Kier molecular flexibility index (Phi) is 13.5. The van der Waals surface area contributed by atoms with Crippen LogP contribution in [-0.2, 0) is 24.5 Å². The van der Waals surface area contributed by atoms with Crippen molar-refractivity contribution in [1.82, 2.24) is 0 Å². The Labute approximate surface area is 268 Å². The van der Waals surface area contributed by atoms with Crippen LogP contribution in [0.5, 0.6) is 11.5 Å². The van der Waals surface area contributed by atoms with Crippen LogP contribution in [0.15, 0.2) is 72.8 Å². The molecule has 0 saturated heterocycles. The maximum atomic E-state index is 12.2. The fourth-order valence-corrected chi connectivity index (χ4v) is 4.84. The number of carbonyl (C=O) groups excluding carboxylic acids is 2. The van der Waals surface area contributed by atoms with Gasteiger partial charge in [0, 0.05) is 11.8 Å². The molecule has 2 aromatic carbocycles. The summed E-state index contributed by atoms with van der Waals surface area (Å²) in [7, 11) is 0. The third kappa shape index (κ3) is 11.0. The smallest absolute Gasteiger partial charge is 0.189 e. The van der Waals surface area contributed by atoms with Crippen molar-refractivity contribution in [1.29, 1.82) is 0 Å². The first-order chi connectivity index (χ1) is 20.5. The zero-order chi connectivity index (χ0) is 33.1. The third-order valence-electron chi connectivity index (χ3n) is 7.13. The summed E-state index contributed by atoms with van der Waals surface area (Å²) in [4.78, 5) is 24.3. The summed E-state index contributed by atoms with van der Waals surface area (Å²) in [5.41, 5.74) is 1.24. The Hall–Kier alpha value is -3.31. The monoisotopic (exact) mass is 620 g/mol. The lowest BCUT2D eigenvalue weighted by molar-refractivity contribution is -0.136. The first-order valence-electron chi connectivity index (χ1n) is 14.8. The van der Waals surface area contributed by atoms with Gasteiger partial charge in [-0.1, -0.05) is 63.1 Å². The fraction of sp³-hybridized carbons (Fsp3) is 0.459. The molecule has 44 heavy (non-hydrogen) atoms. The number of carbonyl (C=O) groups is 2. The minimum Gasteiger partial charge on any atom is -0.481 e. The first kappa shape index (κ1) is 36.9. The van der Waals surface area contributed by atoms with E-state index in [9.17, 15) is 9.59 Å². The molecule has 0 aliphatic heterocycles. The summed E-state index contributed by atoms with van der Waals surface area (Å²) >= 11 is 1.31. The van der Waals surface area contributed by atoms with Crippen LogP contribution < -0.4 is 8.92 Å². The molecule has 1 atom stereocenters. The molecule has 0 heterocycles. The SMILES string of the molecule is C=C(C)C(=O)C(C)(C)OCCC#CCOc1ccc(C(C)(C)c2ccc(OSC(C)COC(C)(C)C(=O)C(=C)C)cc2)cc1. The molecule has 1 unspecified atom stereocenters. The van der Waals surface area contributed by atoms with Gasteiger partial charge in [-0.3, -0.25) is 9.59 Å². The van der Waals surface area contributed by atoms with Gasteiger partial charge in [-0.05, 0) is 95.0 Å². The highest BCUT2D eigenvalue weighted by atomic mass is 32.2. The molecule has 2 aromatic rings. The molecule has 0 aliphatic carbocycles. The summed E-state index contributed by atoms with van der Waals surface area (Å²) in [5, 5.41) is 0.0279. The first-order valence-corrected chi connectivity index (χ1v) is 15.6. The molecule has 0 amide bonds. The zero-order valence-electron chi connectivity index (χ0n) is 27.8. The van der Waals surface area contributed by atoms with E-state index in [0.29, 0.717) is 30.8 Å². The number of hydrogen-bond donors (Lipinski definition) is 0. The maximum absolute atomic E-state index is 12.2. The number of ether oxygens (including phenoxy) is 3. The molecular formula is C37H48O6S. The molecule has 2 rings (SSSR count). The van der Waals surface area contributed by atoms with Crippen LogP contribution in [0, 0.1) is 11.8 Å². The van der Waals surface area contributed by atoms with E-state index in [0.717, 1.165) is 22.6 Å². The molecular weight excluding hydrogens is 572 g/mol. The van der Waals surface area contributed by atoms with Gasteiger partial charge >= 0.3 is 0 Å². The Morgan fingerprint density at radius 2 is 1.25 bits per heavy atom. The number of rotatable bonds is 17. The molecule has 0 aromatic heterocycles. The van der Waals surface area contributed by atoms with E-state index in [2.05, 4.69) is 63.1 Å². The van der Waals surface area contributed by atoms with Crippen LogP contribution in [0.3, 0.4) is 0 Å². The lowest BCUT2D eigenvalue weighted by atomic mass is 9.78. The van der Waals surface area contributed by atoms with Gasteiger partial charge in [0.1, 0.15) is 29.3 Å². The highest BCUT2D eigenvalue weighted by Crippen LogP contribution is 2.34. The molecule has 7 heteroatoms. The summed E-state index contributed by atoms with van der Waals surface area (Å²) in [5.74, 6) is 7.31. The van der Waals surface area contributed by atoms with Gasteiger partial charge in [0.15, 0.2) is 11.6 Å². The van der Waals surface area contributed by atoms with Crippen LogP contribution in [0.2, 0.25) is 0 Å². The fourth-order valence-electron chi connectivity index (χ4n) is 4.33. The number of benzene rings is 2. The van der Waals surface area contributed by atoms with Crippen molar-refractivity contribution in [2.45, 2.75) is 90.6 Å². The van der Waals surface area contributed by atoms with Crippen molar-refractivity contribution in [3.63, 3.8) is 0 Å². The highest BCUT2D eigenvalue weighted by molar-refractivity contribution is 7.95. The average Bonchev–Trinajstić information content (AvgIpc) is 2.98. The average molecular weight is 621 g/mol. The predicted octanol–water partition coefficient (Wildman–Crippen LogP) is 8.08. The number of ketones is 2. The van der Waals surface area contributed by atoms with E-state index in [1.807, 2.05) is 31.2 Å². The summed E-state index contributed by atoms with van der Waals surface area (Å²) in [6.45, 7) is 25.2. The van der Waals surface area contributed by atoms with Crippen LogP contribution in [0.4, 0.5) is 0 Å². The van der Waals surface area contributed by atoms with Crippen molar-refractivity contribution >= 4 is 23.6 Å². The molecule has 238 valence electrons. The van der Waals surface area contributed by atoms with Crippen molar-refractivity contribution in [2.75, 3.05) is 19.8 Å². The van der Waals surface area contributed by atoms with Gasteiger partial charge in [0.2, 0.25) is 0 Å². The van der Waals surface area contributed by atoms with Crippen LogP contribution in [0.1, 0.15) is 79.9 Å². The predicted molar refractivity (Wildman–Crippen MR) is 180 cm³/mol. The second-order valence-electron chi connectivity index (χ2n) is 12.5. The normalized spacial score (nSPS) is 12.5. The minimum absolute atomic E-state index is 0.0279. The summed E-state index contributed by atoms with van der Waals surface area (Å²) in [6.07, 6.45) is 0.510. The lowest BCUT2D eigenvalue weighted by Crippen LogP contribution is -2.37. The van der Waals surface area contributed by atoms with Crippen molar-refractivity contribution < 1.29 is 28.0 Å². The van der Waals surface area contributed by atoms with Gasteiger partial charge < -0.3 is 18.4 Å². The minimum atomic E-state index is -0.908. The standard InChI is InChI=1S/C37H48O6S/c1-26(2)33(38)36(8,9)41-24-14-12-13-23-40-31-19-15-29(16-20-31)35(6,7)30-17-21-32(22-18-30)43-44-28(5)25-42-37(10,11)34(39)27(3)4/h15-22,28H,1,3,14,23-25H2,2,4-11H3. The molecule has 0 N–H and O–H groups in total. The topological polar surface area (TPSA) is 71.1 Å². The Morgan fingerprint density at radius 3 is 1.75 bits per heavy atom. The van der Waals surface area contributed by atoms with Gasteiger partial charge in [-0.2, -0.15) is 0 Å². The van der Waals surface area contributed by atoms with E-state index in [-0.39, 0.29) is 28.8 Å². The second kappa shape index (κ2) is 16.1. The van der Waals surface area contributed by atoms with Gasteiger partial charge in [-0.15, -0.1) is 0 Å². The summed E-state index contributed by atoms with van der Waals surface area (Å²) in [6, 6.07) is 16.1. The molecule has 0 fully saturated rings. The number of hydrogen-bond acceptors (Lipinski definition) is 7. The van der Waals surface area contributed by atoms with Gasteiger partial charge in [0.25, 0.3) is 0 Å². The van der Waals surface area contributed by atoms with Crippen molar-refractivity contribution in [3.05, 3.63) is 84.0 Å². The molecule has 0 spiro atoms. The summed E-state index contributed by atoms with van der Waals surface area (Å²) < 4.78 is 23.2. The maximum Gasteiger partial charge on any atom is 0.189 e. The highest BCUT2D eigenvalue weighted by Gasteiger charge is 2.30. The Balaban J connectivity index is 1.83. The van der Waals surface area contributed by atoms with E-state index in [1.54, 1.807) is 41.5 Å². The number of Topliss-reactive ketones (excluding diaryl/α,β-unsaturated/α-hetero) is 2. The molecule has 0 bridgehead atoms. The zero-order valence-corrected chi connectivity index (χ0v) is 28.6. The van der Waals surface area contributed by atoms with Crippen molar-refractivity contribution in [2.24, 2.45) is 0 Å². The largest absolute Gasteiger partial charge is 0.481 e. The third-order valence-corrected chi connectivity index (χ3v) is 7.89. The van der Waals surface area contributed by atoms with E-state index < -0.39 is 11.2 Å². The quantitative estimate of drug-likeness (QED) is 0.0766. The van der Waals surface area contributed by atoms with E-state index >= 15 is 0 Å².